The van der Waals surface area contributed by atoms with Gasteiger partial charge in [-0.15, -0.1) is 11.3 Å². The van der Waals surface area contributed by atoms with Crippen LogP contribution in [0.4, 0.5) is 13.2 Å². The Labute approximate surface area is 151 Å². The fourth-order valence-electron chi connectivity index (χ4n) is 2.66. The first-order valence-corrected chi connectivity index (χ1v) is 8.71. The molecule has 0 radical (unpaired) electrons. The maximum absolute atomic E-state index is 13.8. The summed E-state index contributed by atoms with van der Waals surface area (Å²) in [4.78, 5) is 19.9. The molecule has 0 fully saturated rings. The molecule has 0 saturated heterocycles. The molecule has 26 heavy (non-hydrogen) atoms. The number of carbonyl (C=O) groups excluding carboxylic acids is 1. The van der Waals surface area contributed by atoms with Crippen molar-refractivity contribution in [1.82, 2.24) is 9.97 Å². The number of rotatable bonds is 5. The van der Waals surface area contributed by atoms with Crippen LogP contribution in [0.15, 0.2) is 18.3 Å². The van der Waals surface area contributed by atoms with Gasteiger partial charge < -0.3 is 4.74 Å². The summed E-state index contributed by atoms with van der Waals surface area (Å²) in [6.45, 7) is 1.93. The van der Waals surface area contributed by atoms with E-state index in [-0.39, 0.29) is 29.0 Å². The Bertz CT molecular complexity index is 988. The van der Waals surface area contributed by atoms with Crippen molar-refractivity contribution in [2.75, 3.05) is 7.11 Å². The molecular weight excluding hydrogens is 365 g/mol. The van der Waals surface area contributed by atoms with Crippen LogP contribution in [0.5, 0.6) is 0 Å². The van der Waals surface area contributed by atoms with E-state index in [1.165, 1.54) is 7.11 Å². The van der Waals surface area contributed by atoms with Crippen LogP contribution in [0.25, 0.3) is 10.2 Å². The summed E-state index contributed by atoms with van der Waals surface area (Å²) >= 11 is 0.964. The lowest BCUT2D eigenvalue weighted by Crippen LogP contribution is -2.08. The van der Waals surface area contributed by atoms with E-state index in [9.17, 15) is 18.0 Å². The molecule has 1 aromatic carbocycles. The summed E-state index contributed by atoms with van der Waals surface area (Å²) < 4.78 is 45.6. The maximum Gasteiger partial charge on any atom is 0.310 e. The van der Waals surface area contributed by atoms with Crippen LogP contribution in [0.2, 0.25) is 0 Å². The molecule has 3 rings (SSSR count). The highest BCUT2D eigenvalue weighted by atomic mass is 32.1. The van der Waals surface area contributed by atoms with E-state index in [1.807, 2.05) is 13.0 Å². The van der Waals surface area contributed by atoms with Crippen LogP contribution in [-0.2, 0) is 28.8 Å². The molecule has 136 valence electrons. The fraction of sp³-hybridized carbons (Fsp3) is 0.278. The van der Waals surface area contributed by atoms with Crippen molar-refractivity contribution in [3.63, 3.8) is 0 Å². The van der Waals surface area contributed by atoms with Crippen molar-refractivity contribution in [1.29, 1.82) is 0 Å². The van der Waals surface area contributed by atoms with Crippen LogP contribution in [0.1, 0.15) is 28.8 Å². The van der Waals surface area contributed by atoms with Gasteiger partial charge in [-0.25, -0.2) is 18.2 Å². The normalized spacial score (nSPS) is 11.1. The molecule has 4 nitrogen and oxygen atoms in total. The minimum Gasteiger partial charge on any atom is -0.469 e. The number of ether oxygens (including phenoxy) is 1. The topological polar surface area (TPSA) is 52.1 Å². The number of halogens is 3. The third kappa shape index (κ3) is 3.55. The standard InChI is InChI=1S/C18H15F3N2O2S/c1-3-13-10(6-15(24)25-2)4-9(8-22-13)5-14-23-17-16(21)11(19)7-12(20)18(17)26-14/h4,7-8H,3,5-6H2,1-2H3. The van der Waals surface area contributed by atoms with Crippen LogP contribution in [-0.4, -0.2) is 23.0 Å². The summed E-state index contributed by atoms with van der Waals surface area (Å²) in [6.07, 6.45) is 2.66. The monoisotopic (exact) mass is 380 g/mol. The van der Waals surface area contributed by atoms with Crippen LogP contribution in [0.3, 0.4) is 0 Å². The predicted molar refractivity (Wildman–Crippen MR) is 91.6 cm³/mol. The molecule has 2 aromatic heterocycles. The zero-order valence-corrected chi connectivity index (χ0v) is 14.9. The van der Waals surface area contributed by atoms with Gasteiger partial charge >= 0.3 is 5.97 Å². The Hall–Kier alpha value is -2.48. The third-order valence-electron chi connectivity index (χ3n) is 3.93. The van der Waals surface area contributed by atoms with Crippen LogP contribution < -0.4 is 0 Å². The second-order valence-electron chi connectivity index (χ2n) is 5.67. The van der Waals surface area contributed by atoms with Gasteiger partial charge in [0, 0.05) is 24.4 Å². The number of nitrogens with zero attached hydrogens (tertiary/aromatic N) is 2. The van der Waals surface area contributed by atoms with E-state index in [1.54, 1.807) is 6.20 Å². The van der Waals surface area contributed by atoms with Crippen molar-refractivity contribution >= 4 is 27.5 Å². The molecule has 0 spiro atoms. The number of carbonyl (C=O) groups is 1. The summed E-state index contributed by atoms with van der Waals surface area (Å²) in [5, 5.41) is 0.429. The number of hydrogen-bond acceptors (Lipinski definition) is 5. The molecule has 3 aromatic rings. The maximum atomic E-state index is 13.8. The first-order chi connectivity index (χ1) is 12.4. The highest BCUT2D eigenvalue weighted by molar-refractivity contribution is 7.18. The Kier molecular flexibility index (Phi) is 5.22. The Balaban J connectivity index is 1.95. The number of pyridine rings is 1. The van der Waals surface area contributed by atoms with Gasteiger partial charge in [-0.1, -0.05) is 13.0 Å². The zero-order chi connectivity index (χ0) is 18.8. The summed E-state index contributed by atoms with van der Waals surface area (Å²) in [5.74, 6) is -3.64. The number of methoxy groups -OCH3 is 1. The van der Waals surface area contributed by atoms with E-state index < -0.39 is 17.5 Å². The molecule has 0 atom stereocenters. The highest BCUT2D eigenvalue weighted by Gasteiger charge is 2.18. The average molecular weight is 380 g/mol. The zero-order valence-electron chi connectivity index (χ0n) is 14.1. The Morgan fingerprint density at radius 3 is 2.69 bits per heavy atom. The van der Waals surface area contributed by atoms with Crippen molar-refractivity contribution in [3.8, 4) is 0 Å². The largest absolute Gasteiger partial charge is 0.469 e. The summed E-state index contributed by atoms with van der Waals surface area (Å²) in [6, 6.07) is 2.33. The smallest absolute Gasteiger partial charge is 0.310 e. The van der Waals surface area contributed by atoms with E-state index in [0.29, 0.717) is 17.5 Å². The SMILES string of the molecule is CCc1ncc(Cc2nc3c(F)c(F)cc(F)c3s2)cc1CC(=O)OC. The lowest BCUT2D eigenvalue weighted by Gasteiger charge is -2.08. The fourth-order valence-corrected chi connectivity index (χ4v) is 3.66. The number of thiazole rings is 1. The van der Waals surface area contributed by atoms with Crippen molar-refractivity contribution in [2.24, 2.45) is 0 Å². The van der Waals surface area contributed by atoms with E-state index >= 15 is 0 Å². The number of aromatic nitrogens is 2. The number of esters is 1. The minimum absolute atomic E-state index is 0.0215. The van der Waals surface area contributed by atoms with Gasteiger partial charge in [0.2, 0.25) is 0 Å². The second-order valence-corrected chi connectivity index (χ2v) is 6.76. The van der Waals surface area contributed by atoms with E-state index in [0.717, 1.165) is 28.2 Å². The van der Waals surface area contributed by atoms with E-state index in [4.69, 9.17) is 4.74 Å². The van der Waals surface area contributed by atoms with Gasteiger partial charge in [-0.05, 0) is 17.5 Å². The average Bonchev–Trinajstić information content (AvgIpc) is 3.04. The molecule has 0 unspecified atom stereocenters. The first-order valence-electron chi connectivity index (χ1n) is 7.89. The lowest BCUT2D eigenvalue weighted by molar-refractivity contribution is -0.139. The van der Waals surface area contributed by atoms with Gasteiger partial charge in [0.25, 0.3) is 0 Å². The molecule has 0 bridgehead atoms. The summed E-state index contributed by atoms with van der Waals surface area (Å²) in [7, 11) is 1.31. The number of fused-ring (bicyclic) bond motifs is 1. The molecule has 0 aliphatic heterocycles. The molecular formula is C18H15F3N2O2S. The molecule has 0 saturated carbocycles. The van der Waals surface area contributed by atoms with Crippen molar-refractivity contribution in [3.05, 3.63) is 57.6 Å². The molecule has 0 amide bonds. The quantitative estimate of drug-likeness (QED) is 0.496. The van der Waals surface area contributed by atoms with Gasteiger partial charge in [-0.2, -0.15) is 0 Å². The number of benzene rings is 1. The Morgan fingerprint density at radius 1 is 1.23 bits per heavy atom. The number of aryl methyl sites for hydroxylation is 1. The molecule has 0 aliphatic rings. The van der Waals surface area contributed by atoms with Crippen molar-refractivity contribution in [2.45, 2.75) is 26.2 Å². The molecule has 2 heterocycles. The van der Waals surface area contributed by atoms with E-state index in [2.05, 4.69) is 9.97 Å². The predicted octanol–water partition coefficient (Wildman–Crippen LogP) is 3.98. The van der Waals surface area contributed by atoms with Gasteiger partial charge in [0.1, 0.15) is 11.3 Å². The van der Waals surface area contributed by atoms with Crippen LogP contribution >= 0.6 is 11.3 Å². The first kappa shape index (κ1) is 18.3. The van der Waals surface area contributed by atoms with Crippen molar-refractivity contribution < 1.29 is 22.7 Å². The van der Waals surface area contributed by atoms with Gasteiger partial charge in [-0.3, -0.25) is 9.78 Å². The van der Waals surface area contributed by atoms with Crippen LogP contribution in [0, 0.1) is 17.5 Å². The number of hydrogen-bond donors (Lipinski definition) is 0. The van der Waals surface area contributed by atoms with Gasteiger partial charge in [0.15, 0.2) is 11.6 Å². The second kappa shape index (κ2) is 7.41. The molecule has 8 heteroatoms. The van der Waals surface area contributed by atoms with Gasteiger partial charge in [0.05, 0.1) is 23.2 Å². The third-order valence-corrected chi connectivity index (χ3v) is 4.99. The molecule has 0 aliphatic carbocycles. The highest BCUT2D eigenvalue weighted by Crippen LogP contribution is 2.30. The minimum atomic E-state index is -1.26. The molecule has 0 N–H and O–H groups in total. The Morgan fingerprint density at radius 2 is 2.00 bits per heavy atom. The summed E-state index contributed by atoms with van der Waals surface area (Å²) in [5.41, 5.74) is 1.95. The lowest BCUT2D eigenvalue weighted by atomic mass is 10.0.